The number of nitrogens with zero attached hydrogens (tertiary/aromatic N) is 4. The molecule has 4 heterocycles. The van der Waals surface area contributed by atoms with Crippen LogP contribution in [0, 0.1) is 11.8 Å². The standard InChI is InChI=1S/C31H43F3N4O2.ClH/c1-21(2)38-29(40)36(20-31(32,33)34)19-30(38)14-25-12-13-26(15-30)37(25)17-24-16-35(28(39)23-10-6-7-11-23)18-27(24)22-8-4-3-5-9-22;/h3-5,8-9,21,23-27H,6-7,10-20H2,1-2H3;1H/t24-,25?,26?,27-,30?;/m1./s1. The molecule has 4 saturated heterocycles. The summed E-state index contributed by atoms with van der Waals surface area (Å²) in [6.07, 6.45) is 3.36. The largest absolute Gasteiger partial charge is 0.406 e. The zero-order valence-electron chi connectivity index (χ0n) is 24.2. The van der Waals surface area contributed by atoms with Crippen LogP contribution in [-0.2, 0) is 4.79 Å². The lowest BCUT2D eigenvalue weighted by atomic mass is 9.80. The van der Waals surface area contributed by atoms with Gasteiger partial charge in [0.1, 0.15) is 6.54 Å². The first-order chi connectivity index (χ1) is 19.0. The maximum atomic E-state index is 13.4. The Hall–Kier alpha value is -2.00. The van der Waals surface area contributed by atoms with E-state index in [2.05, 4.69) is 34.1 Å². The molecule has 5 aliphatic rings. The van der Waals surface area contributed by atoms with Gasteiger partial charge in [0.2, 0.25) is 5.91 Å². The Balaban J connectivity index is 0.00000337. The van der Waals surface area contributed by atoms with E-state index < -0.39 is 24.3 Å². The Morgan fingerprint density at radius 1 is 1.00 bits per heavy atom. The third-order valence-corrected chi connectivity index (χ3v) is 10.5. The minimum absolute atomic E-state index is 0. The first-order valence-electron chi connectivity index (χ1n) is 15.3. The van der Waals surface area contributed by atoms with Crippen molar-refractivity contribution in [3.63, 3.8) is 0 Å². The smallest absolute Gasteiger partial charge is 0.341 e. The molecule has 41 heavy (non-hydrogen) atoms. The van der Waals surface area contributed by atoms with E-state index in [4.69, 9.17) is 0 Å². The van der Waals surface area contributed by atoms with E-state index in [1.54, 1.807) is 4.90 Å². The Bertz CT molecular complexity index is 1080. The van der Waals surface area contributed by atoms with Crippen molar-refractivity contribution >= 4 is 24.3 Å². The van der Waals surface area contributed by atoms with E-state index in [9.17, 15) is 22.8 Å². The van der Waals surface area contributed by atoms with Gasteiger partial charge in [-0.2, -0.15) is 13.2 Å². The number of piperidine rings is 1. The zero-order valence-corrected chi connectivity index (χ0v) is 25.0. The quantitative estimate of drug-likeness (QED) is 0.410. The number of halogens is 4. The predicted octanol–water partition coefficient (Wildman–Crippen LogP) is 5.91. The van der Waals surface area contributed by atoms with Crippen LogP contribution in [0.3, 0.4) is 0 Å². The maximum Gasteiger partial charge on any atom is 0.406 e. The van der Waals surface area contributed by atoms with Crippen molar-refractivity contribution in [1.29, 1.82) is 0 Å². The monoisotopic (exact) mass is 596 g/mol. The fourth-order valence-corrected chi connectivity index (χ4v) is 9.02. The van der Waals surface area contributed by atoms with Gasteiger partial charge in [-0.3, -0.25) is 9.69 Å². The molecule has 5 fully saturated rings. The number of likely N-dealkylation sites (tertiary alicyclic amines) is 1. The van der Waals surface area contributed by atoms with E-state index in [-0.39, 0.29) is 48.9 Å². The van der Waals surface area contributed by atoms with Crippen LogP contribution in [0.15, 0.2) is 30.3 Å². The minimum Gasteiger partial charge on any atom is -0.341 e. The normalized spacial score (nSPS) is 32.5. The third-order valence-electron chi connectivity index (χ3n) is 10.5. The summed E-state index contributed by atoms with van der Waals surface area (Å²) in [5, 5.41) is 0. The van der Waals surface area contributed by atoms with Crippen molar-refractivity contribution in [3.8, 4) is 0 Å². The van der Waals surface area contributed by atoms with Crippen molar-refractivity contribution in [1.82, 2.24) is 19.6 Å². The molecular formula is C31H44ClF3N4O2. The molecule has 1 aliphatic carbocycles. The molecule has 1 aromatic rings. The Kier molecular flexibility index (Phi) is 8.61. The van der Waals surface area contributed by atoms with Crippen LogP contribution in [0.2, 0.25) is 0 Å². The topological polar surface area (TPSA) is 47.1 Å². The van der Waals surface area contributed by atoms with Crippen molar-refractivity contribution in [3.05, 3.63) is 35.9 Å². The highest BCUT2D eigenvalue weighted by Crippen LogP contribution is 2.49. The lowest BCUT2D eigenvalue weighted by molar-refractivity contribution is -0.139. The molecule has 4 aliphatic heterocycles. The SMILES string of the molecule is CC(C)N1C(=O)N(CC(F)(F)F)CC12CC1CCC(C2)N1C[C@H]1CN(C(=O)C2CCCC2)C[C@@H]1c1ccccc1.Cl. The highest BCUT2D eigenvalue weighted by atomic mass is 35.5. The first kappa shape index (κ1) is 30.5. The average Bonchev–Trinajstić information content (AvgIpc) is 3.66. The summed E-state index contributed by atoms with van der Waals surface area (Å²) in [5.41, 5.74) is 0.739. The summed E-state index contributed by atoms with van der Waals surface area (Å²) in [6.45, 7) is 5.24. The van der Waals surface area contributed by atoms with Crippen molar-refractivity contribution in [2.24, 2.45) is 11.8 Å². The summed E-state index contributed by atoms with van der Waals surface area (Å²) in [6, 6.07) is 10.4. The number of benzene rings is 1. The zero-order chi connectivity index (χ0) is 28.2. The summed E-state index contributed by atoms with van der Waals surface area (Å²) in [4.78, 5) is 34.2. The molecule has 228 valence electrons. The second kappa shape index (κ2) is 11.6. The molecule has 6 rings (SSSR count). The molecule has 1 spiro atoms. The van der Waals surface area contributed by atoms with Gasteiger partial charge in [-0.25, -0.2) is 4.79 Å². The average molecular weight is 597 g/mol. The fraction of sp³-hybridized carbons (Fsp3) is 0.742. The van der Waals surface area contributed by atoms with Crippen LogP contribution in [0.4, 0.5) is 18.0 Å². The second-order valence-electron chi connectivity index (χ2n) is 13.4. The van der Waals surface area contributed by atoms with E-state index in [1.165, 1.54) is 5.56 Å². The predicted molar refractivity (Wildman–Crippen MR) is 154 cm³/mol. The molecule has 1 saturated carbocycles. The van der Waals surface area contributed by atoms with Gasteiger partial charge in [0, 0.05) is 56.1 Å². The summed E-state index contributed by atoms with van der Waals surface area (Å²) >= 11 is 0. The van der Waals surface area contributed by atoms with Crippen molar-refractivity contribution < 1.29 is 22.8 Å². The Morgan fingerprint density at radius 2 is 1.63 bits per heavy atom. The maximum absolute atomic E-state index is 13.4. The van der Waals surface area contributed by atoms with Crippen LogP contribution >= 0.6 is 12.4 Å². The number of carbonyl (C=O) groups excluding carboxylic acids is 2. The Morgan fingerprint density at radius 3 is 2.22 bits per heavy atom. The molecule has 10 heteroatoms. The molecule has 1 aromatic carbocycles. The number of alkyl halides is 3. The van der Waals surface area contributed by atoms with E-state index in [0.717, 1.165) is 75.9 Å². The first-order valence-corrected chi connectivity index (χ1v) is 15.3. The second-order valence-corrected chi connectivity index (χ2v) is 13.4. The number of carbonyl (C=O) groups is 2. The highest BCUT2D eigenvalue weighted by Gasteiger charge is 2.59. The minimum atomic E-state index is -4.40. The van der Waals surface area contributed by atoms with Crippen molar-refractivity contribution in [2.45, 2.75) is 101 Å². The number of hydrogen-bond acceptors (Lipinski definition) is 3. The van der Waals surface area contributed by atoms with Gasteiger partial charge >= 0.3 is 12.2 Å². The molecule has 0 N–H and O–H groups in total. The Labute approximate surface area is 248 Å². The molecule has 4 atom stereocenters. The molecule has 0 aromatic heterocycles. The van der Waals surface area contributed by atoms with E-state index >= 15 is 0 Å². The molecule has 0 radical (unpaired) electrons. The number of amides is 3. The van der Waals surface area contributed by atoms with E-state index in [1.807, 2.05) is 19.9 Å². The van der Waals surface area contributed by atoms with Crippen LogP contribution in [-0.4, -0.2) is 94.1 Å². The molecule has 3 amide bonds. The van der Waals surface area contributed by atoms with Crippen LogP contribution in [0.1, 0.15) is 76.7 Å². The molecule has 6 nitrogen and oxygen atoms in total. The number of hydrogen-bond donors (Lipinski definition) is 0. The molecular weight excluding hydrogens is 553 g/mol. The number of fused-ring (bicyclic) bond motifs is 2. The van der Waals surface area contributed by atoms with Crippen molar-refractivity contribution in [2.75, 3.05) is 32.7 Å². The van der Waals surface area contributed by atoms with Gasteiger partial charge in [0.15, 0.2) is 0 Å². The molecule has 2 bridgehead atoms. The van der Waals surface area contributed by atoms with Gasteiger partial charge in [0.25, 0.3) is 0 Å². The molecule has 2 unspecified atom stereocenters. The number of urea groups is 1. The van der Waals surface area contributed by atoms with Gasteiger partial charge < -0.3 is 14.7 Å². The third kappa shape index (κ3) is 5.82. The van der Waals surface area contributed by atoms with Crippen LogP contribution < -0.4 is 0 Å². The van der Waals surface area contributed by atoms with Crippen LogP contribution in [0.5, 0.6) is 0 Å². The lowest BCUT2D eigenvalue weighted by Crippen LogP contribution is -2.60. The highest BCUT2D eigenvalue weighted by molar-refractivity contribution is 5.85. The summed E-state index contributed by atoms with van der Waals surface area (Å²) < 4.78 is 40.0. The van der Waals surface area contributed by atoms with Gasteiger partial charge in [-0.1, -0.05) is 43.2 Å². The fourth-order valence-electron chi connectivity index (χ4n) is 9.02. The lowest BCUT2D eigenvalue weighted by Gasteiger charge is -2.50. The number of rotatable bonds is 6. The van der Waals surface area contributed by atoms with Gasteiger partial charge in [-0.05, 0) is 63.9 Å². The summed E-state index contributed by atoms with van der Waals surface area (Å²) in [7, 11) is 0. The van der Waals surface area contributed by atoms with Gasteiger partial charge in [-0.15, -0.1) is 12.4 Å². The summed E-state index contributed by atoms with van der Waals surface area (Å²) in [5.74, 6) is 1.09. The van der Waals surface area contributed by atoms with Crippen LogP contribution in [0.25, 0.3) is 0 Å². The van der Waals surface area contributed by atoms with E-state index in [0.29, 0.717) is 11.8 Å². The van der Waals surface area contributed by atoms with Gasteiger partial charge in [0.05, 0.1) is 5.54 Å².